The molecule has 5 heteroatoms. The SMILES string of the molecule is COc1cccc([C@H](C)NCCNC(=O)OC(C)(C)C)c1. The first kappa shape index (κ1) is 17.3. The van der Waals surface area contributed by atoms with Gasteiger partial charge in [-0.1, -0.05) is 12.1 Å². The van der Waals surface area contributed by atoms with Crippen LogP contribution in [0.25, 0.3) is 0 Å². The van der Waals surface area contributed by atoms with Crippen LogP contribution in [0.1, 0.15) is 39.3 Å². The third-order valence-corrected chi connectivity index (χ3v) is 2.84. The number of hydrogen-bond donors (Lipinski definition) is 2. The molecule has 1 aromatic carbocycles. The lowest BCUT2D eigenvalue weighted by Gasteiger charge is -2.20. The highest BCUT2D eigenvalue weighted by Crippen LogP contribution is 2.18. The Kier molecular flexibility index (Phi) is 6.49. The highest BCUT2D eigenvalue weighted by molar-refractivity contribution is 5.67. The Morgan fingerprint density at radius 2 is 2.00 bits per heavy atom. The van der Waals surface area contributed by atoms with Crippen LogP contribution in [0, 0.1) is 0 Å². The molecule has 1 amide bonds. The number of amides is 1. The van der Waals surface area contributed by atoms with Gasteiger partial charge in [0.25, 0.3) is 0 Å². The van der Waals surface area contributed by atoms with Gasteiger partial charge in [0.2, 0.25) is 0 Å². The molecule has 0 radical (unpaired) electrons. The average Bonchev–Trinajstić information content (AvgIpc) is 2.41. The summed E-state index contributed by atoms with van der Waals surface area (Å²) in [5.74, 6) is 0.841. The minimum atomic E-state index is -0.467. The second-order valence-electron chi connectivity index (χ2n) is 5.88. The predicted molar refractivity (Wildman–Crippen MR) is 83.6 cm³/mol. The van der Waals surface area contributed by atoms with Gasteiger partial charge in [0.15, 0.2) is 0 Å². The fourth-order valence-corrected chi connectivity index (χ4v) is 1.80. The van der Waals surface area contributed by atoms with E-state index in [0.717, 1.165) is 11.3 Å². The summed E-state index contributed by atoms with van der Waals surface area (Å²) in [6.45, 7) is 8.78. The van der Waals surface area contributed by atoms with E-state index in [-0.39, 0.29) is 6.04 Å². The average molecular weight is 294 g/mol. The quantitative estimate of drug-likeness (QED) is 0.792. The maximum atomic E-state index is 11.5. The lowest BCUT2D eigenvalue weighted by atomic mass is 10.1. The molecule has 0 heterocycles. The normalized spacial score (nSPS) is 12.6. The van der Waals surface area contributed by atoms with Gasteiger partial charge in [-0.2, -0.15) is 0 Å². The number of rotatable bonds is 6. The molecule has 21 heavy (non-hydrogen) atoms. The molecule has 1 rings (SSSR count). The third kappa shape index (κ3) is 6.99. The smallest absolute Gasteiger partial charge is 0.407 e. The molecule has 2 N–H and O–H groups in total. The van der Waals surface area contributed by atoms with Gasteiger partial charge in [-0.15, -0.1) is 0 Å². The van der Waals surface area contributed by atoms with Gasteiger partial charge in [-0.05, 0) is 45.4 Å². The van der Waals surface area contributed by atoms with Crippen molar-refractivity contribution in [1.29, 1.82) is 0 Å². The standard InChI is InChI=1S/C16H26N2O3/c1-12(13-7-6-8-14(11-13)20-5)17-9-10-18-15(19)21-16(2,3)4/h6-8,11-12,17H,9-10H2,1-5H3,(H,18,19)/t12-/m0/s1. The number of nitrogens with one attached hydrogen (secondary N) is 2. The Balaban J connectivity index is 2.30. The van der Waals surface area contributed by atoms with Crippen LogP contribution in [-0.2, 0) is 4.74 Å². The molecule has 0 spiro atoms. The Hall–Kier alpha value is -1.75. The highest BCUT2D eigenvalue weighted by Gasteiger charge is 2.15. The van der Waals surface area contributed by atoms with Crippen molar-refractivity contribution in [1.82, 2.24) is 10.6 Å². The molecule has 118 valence electrons. The Labute approximate surface area is 127 Å². The van der Waals surface area contributed by atoms with E-state index in [1.54, 1.807) is 7.11 Å². The summed E-state index contributed by atoms with van der Waals surface area (Å²) in [6, 6.07) is 8.10. The zero-order valence-corrected chi connectivity index (χ0v) is 13.5. The highest BCUT2D eigenvalue weighted by atomic mass is 16.6. The maximum Gasteiger partial charge on any atom is 0.407 e. The number of benzene rings is 1. The largest absolute Gasteiger partial charge is 0.497 e. The van der Waals surface area contributed by atoms with Crippen molar-refractivity contribution < 1.29 is 14.3 Å². The van der Waals surface area contributed by atoms with E-state index in [1.807, 2.05) is 45.0 Å². The molecule has 0 aliphatic heterocycles. The topological polar surface area (TPSA) is 59.6 Å². The van der Waals surface area contributed by atoms with Crippen LogP contribution in [0.3, 0.4) is 0 Å². The number of hydrogen-bond acceptors (Lipinski definition) is 4. The van der Waals surface area contributed by atoms with Gasteiger partial charge in [0.05, 0.1) is 7.11 Å². The zero-order valence-electron chi connectivity index (χ0n) is 13.5. The second-order valence-corrected chi connectivity index (χ2v) is 5.88. The molecule has 0 saturated carbocycles. The first-order chi connectivity index (χ1) is 9.81. The van der Waals surface area contributed by atoms with Gasteiger partial charge >= 0.3 is 6.09 Å². The minimum Gasteiger partial charge on any atom is -0.497 e. The summed E-state index contributed by atoms with van der Waals surface area (Å²) in [6.07, 6.45) is -0.390. The van der Waals surface area contributed by atoms with E-state index < -0.39 is 11.7 Å². The second kappa shape index (κ2) is 7.88. The van der Waals surface area contributed by atoms with E-state index in [1.165, 1.54) is 0 Å². The molecule has 0 bridgehead atoms. The first-order valence-electron chi connectivity index (χ1n) is 7.16. The lowest BCUT2D eigenvalue weighted by molar-refractivity contribution is 0.0528. The Morgan fingerprint density at radius 1 is 1.29 bits per heavy atom. The molecule has 5 nitrogen and oxygen atoms in total. The van der Waals surface area contributed by atoms with Crippen molar-refractivity contribution in [3.8, 4) is 5.75 Å². The van der Waals surface area contributed by atoms with E-state index in [9.17, 15) is 4.79 Å². The fraction of sp³-hybridized carbons (Fsp3) is 0.562. The van der Waals surface area contributed by atoms with Gasteiger partial charge in [-0.25, -0.2) is 4.79 Å². The fourth-order valence-electron chi connectivity index (χ4n) is 1.80. The first-order valence-corrected chi connectivity index (χ1v) is 7.16. The molecule has 0 aromatic heterocycles. The zero-order chi connectivity index (χ0) is 15.9. The predicted octanol–water partition coefficient (Wildman–Crippen LogP) is 2.87. The van der Waals surface area contributed by atoms with Crippen LogP contribution in [-0.4, -0.2) is 31.9 Å². The number of methoxy groups -OCH3 is 1. The summed E-state index contributed by atoms with van der Waals surface area (Å²) in [5, 5.41) is 6.06. The summed E-state index contributed by atoms with van der Waals surface area (Å²) in [5.41, 5.74) is 0.678. The van der Waals surface area contributed by atoms with Crippen molar-refractivity contribution in [3.63, 3.8) is 0 Å². The number of ether oxygens (including phenoxy) is 2. The van der Waals surface area contributed by atoms with Crippen LogP contribution in [0.15, 0.2) is 24.3 Å². The van der Waals surface area contributed by atoms with Crippen molar-refractivity contribution >= 4 is 6.09 Å². The molecule has 1 atom stereocenters. The van der Waals surface area contributed by atoms with Crippen LogP contribution < -0.4 is 15.4 Å². The van der Waals surface area contributed by atoms with Gasteiger partial charge in [-0.3, -0.25) is 0 Å². The van der Waals surface area contributed by atoms with E-state index in [4.69, 9.17) is 9.47 Å². The molecular weight excluding hydrogens is 268 g/mol. The van der Waals surface area contributed by atoms with Crippen LogP contribution in [0.2, 0.25) is 0 Å². The third-order valence-electron chi connectivity index (χ3n) is 2.84. The van der Waals surface area contributed by atoms with Crippen molar-refractivity contribution in [2.45, 2.75) is 39.3 Å². The van der Waals surface area contributed by atoms with Crippen molar-refractivity contribution in [3.05, 3.63) is 29.8 Å². The minimum absolute atomic E-state index is 0.181. The van der Waals surface area contributed by atoms with E-state index in [2.05, 4.69) is 17.6 Å². The molecule has 0 aliphatic rings. The van der Waals surface area contributed by atoms with Gasteiger partial charge in [0.1, 0.15) is 11.4 Å². The molecular formula is C16H26N2O3. The summed E-state index contributed by atoms with van der Waals surface area (Å²) in [4.78, 5) is 11.5. The van der Waals surface area contributed by atoms with Crippen molar-refractivity contribution in [2.24, 2.45) is 0 Å². The maximum absolute atomic E-state index is 11.5. The molecule has 0 fully saturated rings. The van der Waals surface area contributed by atoms with Crippen LogP contribution in [0.5, 0.6) is 5.75 Å². The van der Waals surface area contributed by atoms with Gasteiger partial charge in [0, 0.05) is 19.1 Å². The van der Waals surface area contributed by atoms with Crippen molar-refractivity contribution in [2.75, 3.05) is 20.2 Å². The van der Waals surface area contributed by atoms with Crippen LogP contribution >= 0.6 is 0 Å². The monoisotopic (exact) mass is 294 g/mol. The number of alkyl carbamates (subject to hydrolysis) is 1. The Bertz CT molecular complexity index is 455. The lowest BCUT2D eigenvalue weighted by Crippen LogP contribution is -2.36. The molecule has 0 saturated heterocycles. The molecule has 0 aliphatic carbocycles. The van der Waals surface area contributed by atoms with Crippen LogP contribution in [0.4, 0.5) is 4.79 Å². The van der Waals surface area contributed by atoms with E-state index >= 15 is 0 Å². The summed E-state index contributed by atoms with van der Waals surface area (Å²) in [7, 11) is 1.65. The van der Waals surface area contributed by atoms with Gasteiger partial charge < -0.3 is 20.1 Å². The number of carbonyl (C=O) groups is 1. The van der Waals surface area contributed by atoms with E-state index in [0.29, 0.717) is 13.1 Å². The number of carbonyl (C=O) groups excluding carboxylic acids is 1. The molecule has 0 unspecified atom stereocenters. The Morgan fingerprint density at radius 3 is 2.62 bits per heavy atom. The summed E-state index contributed by atoms with van der Waals surface area (Å²) < 4.78 is 10.4. The molecule has 1 aromatic rings. The summed E-state index contributed by atoms with van der Waals surface area (Å²) >= 11 is 0.